The van der Waals surface area contributed by atoms with Crippen molar-refractivity contribution in [3.05, 3.63) is 0 Å². The second kappa shape index (κ2) is 4.47. The number of nitrogens with one attached hydrogen (secondary N) is 2. The summed E-state index contributed by atoms with van der Waals surface area (Å²) in [5.41, 5.74) is 0.198. The van der Waals surface area contributed by atoms with Crippen LogP contribution in [0, 0.1) is 23.7 Å². The molecule has 0 spiro atoms. The molecule has 0 aromatic rings. The second-order valence-electron chi connectivity index (χ2n) is 7.73. The van der Waals surface area contributed by atoms with Crippen molar-refractivity contribution >= 4 is 5.91 Å². The molecule has 3 heteroatoms. The maximum Gasteiger partial charge on any atom is 0.224 e. The molecule has 5 fully saturated rings. The maximum atomic E-state index is 12.5. The fourth-order valence-electron chi connectivity index (χ4n) is 5.70. The standard InChI is InChI=1S/C16H26N2O/c19-15(14-2-1-3-17-10-14)18-16-7-11-4-12(8-16)6-13(5-11)9-16/h11-14,17H,1-10H2,(H,18,19)/t11?,12?,13?,14-,16?/m0/s1. The molecule has 4 bridgehead atoms. The third-order valence-corrected chi connectivity index (χ3v) is 6.09. The first-order chi connectivity index (χ1) is 9.22. The van der Waals surface area contributed by atoms with Crippen LogP contribution in [0.5, 0.6) is 0 Å². The molecule has 1 aliphatic heterocycles. The van der Waals surface area contributed by atoms with Crippen molar-refractivity contribution in [1.29, 1.82) is 0 Å². The highest BCUT2D eigenvalue weighted by Gasteiger charge is 2.51. The Morgan fingerprint density at radius 3 is 2.21 bits per heavy atom. The molecule has 5 rings (SSSR count). The molecule has 0 aromatic carbocycles. The van der Waals surface area contributed by atoms with Gasteiger partial charge in [-0.15, -0.1) is 0 Å². The highest BCUT2D eigenvalue weighted by atomic mass is 16.2. The molecule has 1 amide bonds. The zero-order chi connectivity index (χ0) is 12.9. The Balaban J connectivity index is 1.45. The van der Waals surface area contributed by atoms with Crippen molar-refractivity contribution in [1.82, 2.24) is 10.6 Å². The molecule has 0 radical (unpaired) electrons. The van der Waals surface area contributed by atoms with Gasteiger partial charge in [0.25, 0.3) is 0 Å². The van der Waals surface area contributed by atoms with Gasteiger partial charge < -0.3 is 10.6 Å². The summed E-state index contributed by atoms with van der Waals surface area (Å²) in [4.78, 5) is 12.5. The highest BCUT2D eigenvalue weighted by Crippen LogP contribution is 2.55. The monoisotopic (exact) mass is 262 g/mol. The van der Waals surface area contributed by atoms with Crippen molar-refractivity contribution in [2.24, 2.45) is 23.7 Å². The lowest BCUT2D eigenvalue weighted by Gasteiger charge is -2.57. The quantitative estimate of drug-likeness (QED) is 0.800. The van der Waals surface area contributed by atoms with Crippen molar-refractivity contribution in [3.63, 3.8) is 0 Å². The largest absolute Gasteiger partial charge is 0.350 e. The number of amides is 1. The Kier molecular flexibility index (Phi) is 2.87. The van der Waals surface area contributed by atoms with E-state index >= 15 is 0 Å². The van der Waals surface area contributed by atoms with E-state index in [2.05, 4.69) is 10.6 Å². The van der Waals surface area contributed by atoms with Crippen molar-refractivity contribution in [2.45, 2.75) is 56.9 Å². The molecule has 1 atom stereocenters. The van der Waals surface area contributed by atoms with Crippen LogP contribution in [0.2, 0.25) is 0 Å². The Labute approximate surface area is 115 Å². The molecule has 0 aromatic heterocycles. The van der Waals surface area contributed by atoms with Crippen LogP contribution in [0.15, 0.2) is 0 Å². The van der Waals surface area contributed by atoms with Crippen molar-refractivity contribution in [2.75, 3.05) is 13.1 Å². The molecule has 106 valence electrons. The van der Waals surface area contributed by atoms with E-state index in [-0.39, 0.29) is 11.5 Å². The number of hydrogen-bond acceptors (Lipinski definition) is 2. The Morgan fingerprint density at radius 1 is 1.05 bits per heavy atom. The molecular formula is C16H26N2O. The van der Waals surface area contributed by atoms with Gasteiger partial charge in [-0.1, -0.05) is 0 Å². The number of piperidine rings is 1. The molecule has 2 N–H and O–H groups in total. The Hall–Kier alpha value is -0.570. The molecule has 4 saturated carbocycles. The number of carbonyl (C=O) groups excluding carboxylic acids is 1. The molecule has 5 aliphatic rings. The average molecular weight is 262 g/mol. The minimum Gasteiger partial charge on any atom is -0.350 e. The summed E-state index contributed by atoms with van der Waals surface area (Å²) in [5.74, 6) is 3.30. The van der Waals surface area contributed by atoms with Crippen molar-refractivity contribution < 1.29 is 4.79 Å². The van der Waals surface area contributed by atoms with Crippen LogP contribution in [0.3, 0.4) is 0 Å². The second-order valence-corrected chi connectivity index (χ2v) is 7.73. The molecule has 1 heterocycles. The average Bonchev–Trinajstić information content (AvgIpc) is 2.37. The predicted octanol–water partition coefficient (Wildman–Crippen LogP) is 2.07. The third-order valence-electron chi connectivity index (χ3n) is 6.09. The molecule has 4 aliphatic carbocycles. The van der Waals surface area contributed by atoms with Crippen LogP contribution in [0.4, 0.5) is 0 Å². The van der Waals surface area contributed by atoms with Crippen LogP contribution < -0.4 is 10.6 Å². The molecule has 19 heavy (non-hydrogen) atoms. The summed E-state index contributed by atoms with van der Waals surface area (Å²) < 4.78 is 0. The van der Waals surface area contributed by atoms with Gasteiger partial charge in [-0.25, -0.2) is 0 Å². The lowest BCUT2D eigenvalue weighted by Crippen LogP contribution is -2.61. The van der Waals surface area contributed by atoms with Crippen LogP contribution >= 0.6 is 0 Å². The Morgan fingerprint density at radius 2 is 1.68 bits per heavy atom. The zero-order valence-electron chi connectivity index (χ0n) is 11.8. The van der Waals surface area contributed by atoms with Gasteiger partial charge in [0, 0.05) is 12.1 Å². The fraction of sp³-hybridized carbons (Fsp3) is 0.938. The van der Waals surface area contributed by atoms with Gasteiger partial charge in [-0.05, 0) is 75.7 Å². The summed E-state index contributed by atoms with van der Waals surface area (Å²) >= 11 is 0. The minimum absolute atomic E-state index is 0.198. The predicted molar refractivity (Wildman–Crippen MR) is 74.6 cm³/mol. The number of carbonyl (C=O) groups is 1. The van der Waals surface area contributed by atoms with E-state index in [4.69, 9.17) is 0 Å². The summed E-state index contributed by atoms with van der Waals surface area (Å²) in [7, 11) is 0. The summed E-state index contributed by atoms with van der Waals surface area (Å²) in [6.07, 6.45) is 10.4. The normalized spacial score (nSPS) is 48.2. The molecule has 1 saturated heterocycles. The van der Waals surface area contributed by atoms with Crippen LogP contribution in [0.25, 0.3) is 0 Å². The SMILES string of the molecule is O=C(NC12CC3CC(CC(C3)C1)C2)[C@H]1CCCNC1. The number of rotatable bonds is 2. The first-order valence-electron chi connectivity index (χ1n) is 8.25. The fourth-order valence-corrected chi connectivity index (χ4v) is 5.70. The maximum absolute atomic E-state index is 12.5. The minimum atomic E-state index is 0.198. The first-order valence-corrected chi connectivity index (χ1v) is 8.25. The van der Waals surface area contributed by atoms with E-state index in [0.29, 0.717) is 5.91 Å². The van der Waals surface area contributed by atoms with E-state index in [0.717, 1.165) is 43.7 Å². The van der Waals surface area contributed by atoms with Crippen LogP contribution in [0.1, 0.15) is 51.4 Å². The van der Waals surface area contributed by atoms with Gasteiger partial charge in [0.15, 0.2) is 0 Å². The summed E-state index contributed by atoms with van der Waals surface area (Å²) in [5, 5.41) is 6.88. The molecule has 0 unspecified atom stereocenters. The van der Waals surface area contributed by atoms with E-state index in [1.165, 1.54) is 38.5 Å². The van der Waals surface area contributed by atoms with Gasteiger partial charge in [0.2, 0.25) is 5.91 Å². The van der Waals surface area contributed by atoms with Crippen molar-refractivity contribution in [3.8, 4) is 0 Å². The topological polar surface area (TPSA) is 41.1 Å². The van der Waals surface area contributed by atoms with E-state index in [9.17, 15) is 4.79 Å². The smallest absolute Gasteiger partial charge is 0.224 e. The zero-order valence-corrected chi connectivity index (χ0v) is 11.8. The van der Waals surface area contributed by atoms with E-state index in [1.54, 1.807) is 0 Å². The molecule has 3 nitrogen and oxygen atoms in total. The highest BCUT2D eigenvalue weighted by molar-refractivity contribution is 5.79. The van der Waals surface area contributed by atoms with Crippen LogP contribution in [-0.4, -0.2) is 24.5 Å². The number of hydrogen-bond donors (Lipinski definition) is 2. The van der Waals surface area contributed by atoms with Gasteiger partial charge in [0.05, 0.1) is 5.92 Å². The lowest BCUT2D eigenvalue weighted by molar-refractivity contribution is -0.131. The summed E-state index contributed by atoms with van der Waals surface area (Å²) in [6, 6.07) is 0. The molecular weight excluding hydrogens is 236 g/mol. The lowest BCUT2D eigenvalue weighted by atomic mass is 9.53. The summed E-state index contributed by atoms with van der Waals surface area (Å²) in [6.45, 7) is 1.97. The Bertz CT molecular complexity index is 338. The van der Waals surface area contributed by atoms with Gasteiger partial charge in [-0.3, -0.25) is 4.79 Å². The third kappa shape index (κ3) is 2.20. The van der Waals surface area contributed by atoms with Gasteiger partial charge in [-0.2, -0.15) is 0 Å². The van der Waals surface area contributed by atoms with Gasteiger partial charge >= 0.3 is 0 Å². The first kappa shape index (κ1) is 12.2. The van der Waals surface area contributed by atoms with Crippen LogP contribution in [-0.2, 0) is 4.79 Å². The van der Waals surface area contributed by atoms with E-state index < -0.39 is 0 Å². The van der Waals surface area contributed by atoms with Gasteiger partial charge in [0.1, 0.15) is 0 Å². The van der Waals surface area contributed by atoms with E-state index in [1.807, 2.05) is 0 Å².